The van der Waals surface area contributed by atoms with Crippen LogP contribution in [-0.4, -0.2) is 58.1 Å². The minimum absolute atomic E-state index is 0. The molecule has 4 aliphatic rings. The number of nitrogens with two attached hydrogens (primary N) is 1. The van der Waals surface area contributed by atoms with Gasteiger partial charge in [0.25, 0.3) is 0 Å². The average Bonchev–Trinajstić information content (AvgIpc) is 3.22. The zero-order valence-corrected chi connectivity index (χ0v) is 26.6. The molecule has 1 unspecified atom stereocenters. The first-order chi connectivity index (χ1) is 17.9. The number of carbonyl (C=O) groups is 2. The molecule has 0 radical (unpaired) electrons. The van der Waals surface area contributed by atoms with Crippen LogP contribution in [-0.2, 0) is 9.59 Å². The van der Waals surface area contributed by atoms with E-state index in [-0.39, 0.29) is 88.4 Å². The molecule has 4 saturated carbocycles. The van der Waals surface area contributed by atoms with Gasteiger partial charge in [-0.1, -0.05) is 20.8 Å². The predicted molar refractivity (Wildman–Crippen MR) is 142 cm³/mol. The Kier molecular flexibility index (Phi) is 11.4. The third kappa shape index (κ3) is 6.42. The van der Waals surface area contributed by atoms with E-state index in [1.54, 1.807) is 0 Å². The van der Waals surface area contributed by atoms with Gasteiger partial charge in [0.2, 0.25) is 5.91 Å². The molecule has 0 saturated heterocycles. The van der Waals surface area contributed by atoms with Crippen LogP contribution in [0.25, 0.3) is 0 Å². The topological polar surface area (TPSA) is 156 Å². The molecule has 0 bridgehead atoms. The molecule has 0 aromatic carbocycles. The third-order valence-electron chi connectivity index (χ3n) is 11.9. The molecule has 9 heteroatoms. The fraction of sp³-hybridized carbons (Fsp3) is 0.933. The summed E-state index contributed by atoms with van der Waals surface area (Å²) in [5.74, 6) is -0.142. The summed E-state index contributed by atoms with van der Waals surface area (Å²) in [6.07, 6.45) is 7.26. The summed E-state index contributed by atoms with van der Waals surface area (Å²) in [5, 5.41) is 47.5. The monoisotopic (exact) mass is 558 g/mol. The van der Waals surface area contributed by atoms with Crippen molar-refractivity contribution >= 4 is 11.9 Å². The molecule has 12 atom stereocenters. The molecule has 0 spiro atoms. The van der Waals surface area contributed by atoms with Crippen molar-refractivity contribution in [1.82, 2.24) is 5.32 Å². The van der Waals surface area contributed by atoms with Crippen LogP contribution in [0.1, 0.15) is 97.8 Å². The second-order valence-corrected chi connectivity index (χ2v) is 13.8. The summed E-state index contributed by atoms with van der Waals surface area (Å²) in [5.41, 5.74) is 5.23. The largest absolute Gasteiger partial charge is 1.00 e. The van der Waals surface area contributed by atoms with E-state index >= 15 is 0 Å². The van der Waals surface area contributed by atoms with Crippen LogP contribution >= 0.6 is 0 Å². The van der Waals surface area contributed by atoms with E-state index in [9.17, 15) is 30.0 Å². The van der Waals surface area contributed by atoms with E-state index in [1.807, 2.05) is 0 Å². The maximum Gasteiger partial charge on any atom is 1.00 e. The number of unbranched alkanes of at least 4 members (excludes halogenated alkanes) is 1. The number of carboxylic acids is 1. The van der Waals surface area contributed by atoms with Gasteiger partial charge in [-0.2, -0.15) is 0 Å². The first-order valence-electron chi connectivity index (χ1n) is 15.2. The number of nitrogens with one attached hydrogen (secondary N) is 1. The third-order valence-corrected chi connectivity index (χ3v) is 11.9. The molecule has 218 valence electrons. The second-order valence-electron chi connectivity index (χ2n) is 13.8. The number of carbonyl (C=O) groups excluding carboxylic acids is 2. The summed E-state index contributed by atoms with van der Waals surface area (Å²) in [7, 11) is 0. The number of fused-ring (bicyclic) bond motifs is 5. The normalized spacial score (nSPS) is 42.7. The molecular weight excluding hydrogens is 507 g/mol. The van der Waals surface area contributed by atoms with E-state index in [0.717, 1.165) is 38.5 Å². The van der Waals surface area contributed by atoms with E-state index in [4.69, 9.17) is 5.73 Å². The number of hydrogen-bond acceptors (Lipinski definition) is 7. The molecule has 0 aliphatic heterocycles. The number of rotatable bonds is 10. The first-order valence-corrected chi connectivity index (χ1v) is 15.2. The Bertz CT molecular complexity index is 861. The van der Waals surface area contributed by atoms with E-state index in [1.165, 1.54) is 0 Å². The van der Waals surface area contributed by atoms with E-state index in [2.05, 4.69) is 26.1 Å². The smallest absolute Gasteiger partial charge is 0.548 e. The van der Waals surface area contributed by atoms with Gasteiger partial charge in [0, 0.05) is 6.42 Å². The van der Waals surface area contributed by atoms with Crippen molar-refractivity contribution in [3.05, 3.63) is 0 Å². The van der Waals surface area contributed by atoms with Crippen LogP contribution in [0.4, 0.5) is 0 Å². The Morgan fingerprint density at radius 1 is 1.03 bits per heavy atom. The summed E-state index contributed by atoms with van der Waals surface area (Å²) in [6, 6.07) is -0.992. The summed E-state index contributed by atoms with van der Waals surface area (Å²) in [6.45, 7) is 7.19. The van der Waals surface area contributed by atoms with Crippen LogP contribution in [0.2, 0.25) is 0 Å². The summed E-state index contributed by atoms with van der Waals surface area (Å²) < 4.78 is 0. The van der Waals surface area contributed by atoms with E-state index < -0.39 is 24.2 Å². The van der Waals surface area contributed by atoms with Gasteiger partial charge in [-0.3, -0.25) is 4.79 Å². The predicted octanol–water partition coefficient (Wildman–Crippen LogP) is -1.27. The SMILES string of the molecule is C[C@H](CCC(=O)N[C@H](CCCCN)C(=O)[O-])[C@H]1CCC2[C@@H]3[C@H](O)C[C@@H]4C[C@H](O)CC[C@]4(C)[C@H]3C[C@H](O)[C@@]21C.[Na+]. The van der Waals surface area contributed by atoms with Gasteiger partial charge in [-0.15, -0.1) is 0 Å². The van der Waals surface area contributed by atoms with Crippen molar-refractivity contribution in [2.24, 2.45) is 52.1 Å². The van der Waals surface area contributed by atoms with Crippen LogP contribution in [0.5, 0.6) is 0 Å². The molecule has 4 fully saturated rings. The Hall–Kier alpha value is -0.220. The van der Waals surface area contributed by atoms with Gasteiger partial charge in [0.05, 0.1) is 30.3 Å². The van der Waals surface area contributed by atoms with Crippen molar-refractivity contribution in [3.8, 4) is 0 Å². The fourth-order valence-corrected chi connectivity index (χ4v) is 9.70. The zero-order chi connectivity index (χ0) is 27.8. The minimum Gasteiger partial charge on any atom is -0.548 e. The van der Waals surface area contributed by atoms with Crippen molar-refractivity contribution in [2.75, 3.05) is 6.54 Å². The Morgan fingerprint density at radius 2 is 1.74 bits per heavy atom. The molecule has 6 N–H and O–H groups in total. The summed E-state index contributed by atoms with van der Waals surface area (Å²) in [4.78, 5) is 24.1. The average molecular weight is 559 g/mol. The van der Waals surface area contributed by atoms with Gasteiger partial charge in [-0.05, 0) is 124 Å². The molecule has 4 aliphatic carbocycles. The number of amides is 1. The van der Waals surface area contributed by atoms with Crippen molar-refractivity contribution in [1.29, 1.82) is 0 Å². The van der Waals surface area contributed by atoms with E-state index in [0.29, 0.717) is 44.6 Å². The minimum atomic E-state index is -1.26. The number of aliphatic hydroxyl groups is 3. The van der Waals surface area contributed by atoms with Crippen LogP contribution in [0, 0.1) is 46.3 Å². The van der Waals surface area contributed by atoms with Gasteiger partial charge in [0.15, 0.2) is 0 Å². The number of aliphatic carboxylic acids is 1. The molecule has 0 heterocycles. The quantitative estimate of drug-likeness (QED) is 0.165. The molecule has 39 heavy (non-hydrogen) atoms. The number of hydrogen-bond donors (Lipinski definition) is 5. The number of carboxylic acid groups (broad SMARTS) is 1. The van der Waals surface area contributed by atoms with Crippen LogP contribution < -0.4 is 45.7 Å². The number of aliphatic hydroxyl groups excluding tert-OH is 3. The van der Waals surface area contributed by atoms with Crippen molar-refractivity contribution in [2.45, 2.75) is 122 Å². The standard InChI is InChI=1S/C30H52N2O6.Na/c1-17(7-10-26(36)32-23(28(37)38)6-4-5-13-31)20-8-9-21-27-22(16-25(35)30(20,21)3)29(2)12-11-19(33)14-18(29)15-24(27)34;/h17-25,27,33-35H,4-16,31H2,1-3H3,(H,32,36)(H,37,38);/q;+1/p-1/t17-,18+,19-,20-,21?,22+,23-,24-,25+,27+,29+,30-;/m1./s1. The molecule has 4 rings (SSSR count). The Morgan fingerprint density at radius 3 is 2.41 bits per heavy atom. The molecule has 8 nitrogen and oxygen atoms in total. The van der Waals surface area contributed by atoms with Crippen molar-refractivity contribution < 1.29 is 59.6 Å². The van der Waals surface area contributed by atoms with Gasteiger partial charge in [0.1, 0.15) is 0 Å². The summed E-state index contributed by atoms with van der Waals surface area (Å²) >= 11 is 0. The molecular formula is C30H51N2NaO6. The molecule has 1 amide bonds. The zero-order valence-electron chi connectivity index (χ0n) is 24.6. The van der Waals surface area contributed by atoms with Gasteiger partial charge < -0.3 is 36.3 Å². The van der Waals surface area contributed by atoms with Crippen LogP contribution in [0.3, 0.4) is 0 Å². The molecule has 0 aromatic rings. The van der Waals surface area contributed by atoms with Gasteiger partial charge >= 0.3 is 29.6 Å². The Balaban J connectivity index is 0.00000420. The second kappa shape index (κ2) is 13.4. The van der Waals surface area contributed by atoms with Gasteiger partial charge in [-0.25, -0.2) is 0 Å². The van der Waals surface area contributed by atoms with Crippen LogP contribution in [0.15, 0.2) is 0 Å². The molecule has 0 aromatic heterocycles. The first kappa shape index (κ1) is 33.3. The van der Waals surface area contributed by atoms with Crippen molar-refractivity contribution in [3.63, 3.8) is 0 Å². The fourth-order valence-electron chi connectivity index (χ4n) is 9.70. The maximum absolute atomic E-state index is 12.6. The maximum atomic E-state index is 12.6. The Labute approximate surface area is 256 Å².